The number of aliphatic hydroxyl groups excluding tert-OH is 1. The molecule has 1 saturated carbocycles. The molecule has 6 heteroatoms. The maximum atomic E-state index is 12.2. The summed E-state index contributed by atoms with van der Waals surface area (Å²) in [4.78, 5) is 16.5. The molecule has 1 fully saturated rings. The van der Waals surface area contributed by atoms with Gasteiger partial charge in [-0.25, -0.2) is 9.78 Å². The van der Waals surface area contributed by atoms with Crippen LogP contribution in [0.3, 0.4) is 0 Å². The summed E-state index contributed by atoms with van der Waals surface area (Å²) in [7, 11) is 0. The molecule has 2 amide bonds. The summed E-state index contributed by atoms with van der Waals surface area (Å²) in [5.74, 6) is 1.72. The minimum Gasteiger partial charge on any atom is -0.441 e. The second-order valence-electron chi connectivity index (χ2n) is 7.02. The number of amides is 2. The van der Waals surface area contributed by atoms with Gasteiger partial charge in [0.2, 0.25) is 5.89 Å². The first-order chi connectivity index (χ1) is 12.0. The molecule has 0 atom stereocenters. The molecule has 1 aromatic carbocycles. The fourth-order valence-corrected chi connectivity index (χ4v) is 3.16. The third-order valence-corrected chi connectivity index (χ3v) is 4.72. The van der Waals surface area contributed by atoms with Crippen LogP contribution in [0.4, 0.5) is 10.5 Å². The van der Waals surface area contributed by atoms with Crippen molar-refractivity contribution >= 4 is 11.7 Å². The molecular formula is C19H25N3O3. The first-order valence-electron chi connectivity index (χ1n) is 8.77. The highest BCUT2D eigenvalue weighted by Crippen LogP contribution is 2.29. The van der Waals surface area contributed by atoms with Gasteiger partial charge in [0.15, 0.2) is 0 Å². The lowest BCUT2D eigenvalue weighted by Crippen LogP contribution is -2.50. The monoisotopic (exact) mass is 343 g/mol. The zero-order chi connectivity index (χ0) is 17.9. The van der Waals surface area contributed by atoms with Gasteiger partial charge in [0.05, 0.1) is 18.3 Å². The van der Waals surface area contributed by atoms with Crippen molar-refractivity contribution in [3.05, 3.63) is 36.2 Å². The van der Waals surface area contributed by atoms with E-state index in [1.807, 2.05) is 24.3 Å². The van der Waals surface area contributed by atoms with Gasteiger partial charge in [-0.1, -0.05) is 26.7 Å². The number of hydrogen-bond acceptors (Lipinski definition) is 4. The number of nitrogens with one attached hydrogen (secondary N) is 2. The Morgan fingerprint density at radius 2 is 1.96 bits per heavy atom. The highest BCUT2D eigenvalue weighted by molar-refractivity contribution is 5.90. The molecule has 3 N–H and O–H groups in total. The van der Waals surface area contributed by atoms with Crippen LogP contribution in [0.25, 0.3) is 11.5 Å². The largest absolute Gasteiger partial charge is 0.441 e. The second kappa shape index (κ2) is 7.27. The second-order valence-corrected chi connectivity index (χ2v) is 7.02. The zero-order valence-electron chi connectivity index (χ0n) is 14.7. The maximum absolute atomic E-state index is 12.2. The summed E-state index contributed by atoms with van der Waals surface area (Å²) >= 11 is 0. The molecule has 1 aliphatic rings. The lowest BCUT2D eigenvalue weighted by molar-refractivity contribution is 0.167. The van der Waals surface area contributed by atoms with E-state index >= 15 is 0 Å². The molecular weight excluding hydrogens is 318 g/mol. The number of benzene rings is 1. The Morgan fingerprint density at radius 3 is 2.52 bits per heavy atom. The smallest absolute Gasteiger partial charge is 0.319 e. The number of hydrogen-bond donors (Lipinski definition) is 3. The van der Waals surface area contributed by atoms with Gasteiger partial charge >= 0.3 is 6.03 Å². The number of nitrogens with zero attached hydrogens (tertiary/aromatic N) is 1. The van der Waals surface area contributed by atoms with Crippen molar-refractivity contribution in [2.24, 2.45) is 0 Å². The van der Waals surface area contributed by atoms with Crippen LogP contribution in [0.5, 0.6) is 0 Å². The predicted octanol–water partition coefficient (Wildman–Crippen LogP) is 3.89. The first kappa shape index (κ1) is 17.5. The summed E-state index contributed by atoms with van der Waals surface area (Å²) in [5, 5.41) is 15.3. The van der Waals surface area contributed by atoms with E-state index in [-0.39, 0.29) is 12.6 Å². The van der Waals surface area contributed by atoms with E-state index < -0.39 is 5.54 Å². The molecule has 6 nitrogen and oxygen atoms in total. The zero-order valence-corrected chi connectivity index (χ0v) is 14.7. The lowest BCUT2D eigenvalue weighted by Gasteiger charge is -2.27. The van der Waals surface area contributed by atoms with E-state index in [1.165, 1.54) is 0 Å². The summed E-state index contributed by atoms with van der Waals surface area (Å²) in [6, 6.07) is 7.07. The molecule has 0 bridgehead atoms. The molecule has 1 aliphatic carbocycles. The van der Waals surface area contributed by atoms with Crippen LogP contribution in [0.2, 0.25) is 0 Å². The van der Waals surface area contributed by atoms with E-state index in [0.29, 0.717) is 17.5 Å². The lowest BCUT2D eigenvalue weighted by atomic mass is 9.99. The predicted molar refractivity (Wildman–Crippen MR) is 96.5 cm³/mol. The fraction of sp³-hybridized carbons (Fsp3) is 0.474. The number of urea groups is 1. The number of carbonyl (C=O) groups excluding carboxylic acids is 1. The third kappa shape index (κ3) is 4.02. The summed E-state index contributed by atoms with van der Waals surface area (Å²) in [5.41, 5.74) is 1.07. The molecule has 2 aromatic rings. The van der Waals surface area contributed by atoms with Gasteiger partial charge in [-0.3, -0.25) is 0 Å². The Bertz CT molecular complexity index is 716. The number of aromatic nitrogens is 1. The van der Waals surface area contributed by atoms with Crippen LogP contribution >= 0.6 is 0 Å². The number of oxazole rings is 1. The Kier molecular flexibility index (Phi) is 5.08. The van der Waals surface area contributed by atoms with E-state index in [2.05, 4.69) is 29.5 Å². The Balaban J connectivity index is 1.63. The normalized spacial score (nSPS) is 16.2. The van der Waals surface area contributed by atoms with Crippen molar-refractivity contribution < 1.29 is 14.3 Å². The molecule has 1 heterocycles. The number of anilines is 1. The Morgan fingerprint density at radius 1 is 1.28 bits per heavy atom. The molecule has 0 unspecified atom stereocenters. The summed E-state index contributed by atoms with van der Waals surface area (Å²) in [6.07, 6.45) is 5.44. The van der Waals surface area contributed by atoms with Crippen LogP contribution in [0.15, 0.2) is 34.9 Å². The van der Waals surface area contributed by atoms with Crippen molar-refractivity contribution in [2.45, 2.75) is 51.0 Å². The molecule has 25 heavy (non-hydrogen) atoms. The molecule has 0 aliphatic heterocycles. The fourth-order valence-electron chi connectivity index (χ4n) is 3.16. The molecule has 0 radical (unpaired) electrons. The number of rotatable bonds is 5. The van der Waals surface area contributed by atoms with E-state index in [1.54, 1.807) is 6.20 Å². The van der Waals surface area contributed by atoms with Crippen LogP contribution in [-0.2, 0) is 0 Å². The van der Waals surface area contributed by atoms with Crippen molar-refractivity contribution in [1.82, 2.24) is 10.3 Å². The van der Waals surface area contributed by atoms with Gasteiger partial charge in [-0.05, 0) is 37.1 Å². The summed E-state index contributed by atoms with van der Waals surface area (Å²) in [6.45, 7) is 4.08. The topological polar surface area (TPSA) is 87.4 Å². The van der Waals surface area contributed by atoms with Gasteiger partial charge in [-0.15, -0.1) is 0 Å². The van der Waals surface area contributed by atoms with Gasteiger partial charge in [0.1, 0.15) is 5.76 Å². The minimum atomic E-state index is -0.477. The number of carbonyl (C=O) groups is 1. The molecule has 1 aromatic heterocycles. The summed E-state index contributed by atoms with van der Waals surface area (Å²) < 4.78 is 5.73. The van der Waals surface area contributed by atoms with Crippen LogP contribution < -0.4 is 10.6 Å². The first-order valence-corrected chi connectivity index (χ1v) is 8.77. The quantitative estimate of drug-likeness (QED) is 0.768. The van der Waals surface area contributed by atoms with Gasteiger partial charge in [-0.2, -0.15) is 0 Å². The molecule has 0 saturated heterocycles. The van der Waals surface area contributed by atoms with Crippen LogP contribution in [-0.4, -0.2) is 28.3 Å². The standard InChI is InChI=1S/C19H25N3O3/c1-13(2)16-11-20-17(25-16)14-5-7-15(8-6-14)21-18(24)22-19(12-23)9-3-4-10-19/h5-8,11,13,23H,3-4,9-10,12H2,1-2H3,(H2,21,22,24). The Hall–Kier alpha value is -2.34. The molecule has 3 rings (SSSR count). The van der Waals surface area contributed by atoms with Crippen molar-refractivity contribution in [1.29, 1.82) is 0 Å². The van der Waals surface area contributed by atoms with E-state index in [0.717, 1.165) is 37.0 Å². The van der Waals surface area contributed by atoms with Crippen molar-refractivity contribution in [3.8, 4) is 11.5 Å². The minimum absolute atomic E-state index is 0.0261. The van der Waals surface area contributed by atoms with Crippen LogP contribution in [0, 0.1) is 0 Å². The number of aliphatic hydroxyl groups is 1. The van der Waals surface area contributed by atoms with Gasteiger partial charge in [0, 0.05) is 17.2 Å². The highest BCUT2D eigenvalue weighted by Gasteiger charge is 2.34. The maximum Gasteiger partial charge on any atom is 0.319 e. The van der Waals surface area contributed by atoms with Gasteiger partial charge < -0.3 is 20.2 Å². The van der Waals surface area contributed by atoms with Crippen LogP contribution in [0.1, 0.15) is 51.2 Å². The van der Waals surface area contributed by atoms with Crippen molar-refractivity contribution in [3.63, 3.8) is 0 Å². The van der Waals surface area contributed by atoms with E-state index in [9.17, 15) is 9.90 Å². The Labute approximate surface area is 147 Å². The molecule has 134 valence electrons. The highest BCUT2D eigenvalue weighted by atomic mass is 16.4. The van der Waals surface area contributed by atoms with Crippen molar-refractivity contribution in [2.75, 3.05) is 11.9 Å². The molecule has 0 spiro atoms. The third-order valence-electron chi connectivity index (χ3n) is 4.72. The SMILES string of the molecule is CC(C)c1cnc(-c2ccc(NC(=O)NC3(CO)CCCC3)cc2)o1. The van der Waals surface area contributed by atoms with Gasteiger partial charge in [0.25, 0.3) is 0 Å². The average molecular weight is 343 g/mol. The average Bonchev–Trinajstić information content (AvgIpc) is 3.25. The van der Waals surface area contributed by atoms with E-state index in [4.69, 9.17) is 4.42 Å².